The summed E-state index contributed by atoms with van der Waals surface area (Å²) in [6, 6.07) is 29.7. The van der Waals surface area contributed by atoms with Gasteiger partial charge in [-0.1, -0.05) is 97.1 Å². The average molecular weight is 476 g/mol. The molecular formula is C30H21NO5. The predicted octanol–water partition coefficient (Wildman–Crippen LogP) is 4.78. The molecule has 1 amide bonds. The summed E-state index contributed by atoms with van der Waals surface area (Å²) in [6.45, 7) is -0.544. The number of carbonyl (C=O) groups excluding carboxylic acids is 4. The Hall–Kier alpha value is -4.84. The van der Waals surface area contributed by atoms with Crippen LogP contribution in [0.1, 0.15) is 48.9 Å². The second kappa shape index (κ2) is 9.80. The van der Waals surface area contributed by atoms with Gasteiger partial charge in [0.2, 0.25) is 0 Å². The molecule has 1 aliphatic carbocycles. The number of amides is 1. The third-order valence-electron chi connectivity index (χ3n) is 6.07. The van der Waals surface area contributed by atoms with E-state index in [4.69, 9.17) is 4.74 Å². The molecule has 0 unspecified atom stereocenters. The number of benzene rings is 4. The Bertz CT molecular complexity index is 1440. The zero-order valence-corrected chi connectivity index (χ0v) is 19.1. The van der Waals surface area contributed by atoms with Gasteiger partial charge in [-0.3, -0.25) is 19.2 Å². The maximum atomic E-state index is 13.1. The van der Waals surface area contributed by atoms with E-state index < -0.39 is 24.4 Å². The van der Waals surface area contributed by atoms with Gasteiger partial charge in [0, 0.05) is 16.7 Å². The van der Waals surface area contributed by atoms with Crippen LogP contribution in [0.3, 0.4) is 0 Å². The quantitative estimate of drug-likeness (QED) is 0.357. The topological polar surface area (TPSA) is 89.5 Å². The van der Waals surface area contributed by atoms with E-state index in [1.807, 2.05) is 60.7 Å². The van der Waals surface area contributed by atoms with Gasteiger partial charge in [0.15, 0.2) is 18.2 Å². The highest BCUT2D eigenvalue weighted by molar-refractivity contribution is 6.30. The minimum Gasteiger partial charge on any atom is -0.455 e. The van der Waals surface area contributed by atoms with Gasteiger partial charge < -0.3 is 10.1 Å². The summed E-state index contributed by atoms with van der Waals surface area (Å²) in [7, 11) is 0. The molecule has 0 spiro atoms. The van der Waals surface area contributed by atoms with Gasteiger partial charge in [-0.25, -0.2) is 0 Å². The third kappa shape index (κ3) is 4.32. The standard InChI is InChI=1S/C30H21NO5/c32-25(18-36-30(35)26(19-10-3-1-4-11-19)20-12-5-2-6-13-20)31-24-17-9-16-23-27(24)29(34)22-15-8-7-14-21(22)28(23)33/h1-17,26H,18H2,(H,31,32). The number of hydrogen-bond donors (Lipinski definition) is 1. The first kappa shape index (κ1) is 22.9. The molecule has 0 fully saturated rings. The Morgan fingerprint density at radius 1 is 0.639 bits per heavy atom. The maximum Gasteiger partial charge on any atom is 0.318 e. The van der Waals surface area contributed by atoms with Crippen LogP contribution in [-0.4, -0.2) is 30.0 Å². The molecule has 0 radical (unpaired) electrons. The van der Waals surface area contributed by atoms with Crippen molar-refractivity contribution in [3.63, 3.8) is 0 Å². The van der Waals surface area contributed by atoms with Crippen LogP contribution in [0.2, 0.25) is 0 Å². The Kier molecular flexibility index (Phi) is 6.24. The number of ether oxygens (including phenoxy) is 1. The summed E-state index contributed by atoms with van der Waals surface area (Å²) >= 11 is 0. The molecule has 6 heteroatoms. The lowest BCUT2D eigenvalue weighted by Gasteiger charge is -2.20. The number of hydrogen-bond acceptors (Lipinski definition) is 5. The normalized spacial score (nSPS) is 12.0. The second-order valence-corrected chi connectivity index (χ2v) is 8.34. The summed E-state index contributed by atoms with van der Waals surface area (Å²) < 4.78 is 5.39. The monoisotopic (exact) mass is 475 g/mol. The Morgan fingerprint density at radius 2 is 1.17 bits per heavy atom. The maximum absolute atomic E-state index is 13.1. The zero-order valence-electron chi connectivity index (χ0n) is 19.1. The van der Waals surface area contributed by atoms with Crippen molar-refractivity contribution in [2.75, 3.05) is 11.9 Å². The van der Waals surface area contributed by atoms with Crippen molar-refractivity contribution in [2.45, 2.75) is 5.92 Å². The van der Waals surface area contributed by atoms with Crippen LogP contribution in [0.5, 0.6) is 0 Å². The second-order valence-electron chi connectivity index (χ2n) is 8.34. The van der Waals surface area contributed by atoms with Crippen molar-refractivity contribution in [1.82, 2.24) is 0 Å². The van der Waals surface area contributed by atoms with Gasteiger partial charge in [0.1, 0.15) is 5.92 Å². The zero-order chi connectivity index (χ0) is 25.1. The first-order valence-electron chi connectivity index (χ1n) is 11.4. The van der Waals surface area contributed by atoms with Crippen LogP contribution in [0, 0.1) is 0 Å². The van der Waals surface area contributed by atoms with Crippen LogP contribution >= 0.6 is 0 Å². The largest absolute Gasteiger partial charge is 0.455 e. The third-order valence-corrected chi connectivity index (χ3v) is 6.07. The molecule has 0 atom stereocenters. The van der Waals surface area contributed by atoms with Crippen LogP contribution in [0.4, 0.5) is 5.69 Å². The number of anilines is 1. The van der Waals surface area contributed by atoms with E-state index >= 15 is 0 Å². The van der Waals surface area contributed by atoms with E-state index in [2.05, 4.69) is 5.32 Å². The Labute approximate surface area is 207 Å². The van der Waals surface area contributed by atoms with E-state index in [1.165, 1.54) is 0 Å². The molecule has 0 aliphatic heterocycles. The van der Waals surface area contributed by atoms with Crippen LogP contribution < -0.4 is 5.32 Å². The highest BCUT2D eigenvalue weighted by atomic mass is 16.5. The molecule has 4 aromatic carbocycles. The fraction of sp³-hybridized carbons (Fsp3) is 0.0667. The molecule has 0 heterocycles. The molecular weight excluding hydrogens is 454 g/mol. The van der Waals surface area contributed by atoms with Crippen molar-refractivity contribution in [1.29, 1.82) is 0 Å². The number of esters is 1. The lowest BCUT2D eigenvalue weighted by Crippen LogP contribution is -2.27. The van der Waals surface area contributed by atoms with Crippen molar-refractivity contribution >= 4 is 29.1 Å². The molecule has 1 aliphatic rings. The lowest BCUT2D eigenvalue weighted by molar-refractivity contribution is -0.147. The average Bonchev–Trinajstić information content (AvgIpc) is 2.92. The molecule has 6 nitrogen and oxygen atoms in total. The van der Waals surface area contributed by atoms with E-state index in [1.54, 1.807) is 42.5 Å². The number of fused-ring (bicyclic) bond motifs is 2. The van der Waals surface area contributed by atoms with Crippen LogP contribution in [0.15, 0.2) is 103 Å². The lowest BCUT2D eigenvalue weighted by atomic mass is 9.83. The van der Waals surface area contributed by atoms with Gasteiger partial charge in [0.05, 0.1) is 11.3 Å². The SMILES string of the molecule is O=C(COC(=O)C(c1ccccc1)c1ccccc1)Nc1cccc2c1C(=O)c1ccccc1C2=O. The van der Waals surface area contributed by atoms with Gasteiger partial charge in [-0.2, -0.15) is 0 Å². The van der Waals surface area contributed by atoms with Gasteiger partial charge in [-0.05, 0) is 17.2 Å². The minimum absolute atomic E-state index is 0.132. The van der Waals surface area contributed by atoms with Crippen molar-refractivity contribution in [3.8, 4) is 0 Å². The molecule has 0 aromatic heterocycles. The highest BCUT2D eigenvalue weighted by Gasteiger charge is 2.32. The van der Waals surface area contributed by atoms with Crippen molar-refractivity contribution < 1.29 is 23.9 Å². The van der Waals surface area contributed by atoms with E-state index in [-0.39, 0.29) is 33.9 Å². The predicted molar refractivity (Wildman–Crippen MR) is 134 cm³/mol. The molecule has 0 bridgehead atoms. The summed E-state index contributed by atoms with van der Waals surface area (Å²) in [4.78, 5) is 51.9. The molecule has 36 heavy (non-hydrogen) atoms. The van der Waals surface area contributed by atoms with E-state index in [9.17, 15) is 19.2 Å². The highest BCUT2D eigenvalue weighted by Crippen LogP contribution is 2.32. The minimum atomic E-state index is -0.694. The summed E-state index contributed by atoms with van der Waals surface area (Å²) in [5, 5.41) is 2.64. The summed E-state index contributed by atoms with van der Waals surface area (Å²) in [5.74, 6) is -2.51. The van der Waals surface area contributed by atoms with Crippen LogP contribution in [0.25, 0.3) is 0 Å². The summed E-state index contributed by atoms with van der Waals surface area (Å²) in [5.41, 5.74) is 2.66. The number of rotatable bonds is 6. The molecule has 0 saturated carbocycles. The van der Waals surface area contributed by atoms with Crippen molar-refractivity contribution in [3.05, 3.63) is 137 Å². The first-order chi connectivity index (χ1) is 17.5. The molecule has 4 aromatic rings. The Balaban J connectivity index is 1.34. The number of nitrogens with one attached hydrogen (secondary N) is 1. The Morgan fingerprint density at radius 3 is 1.78 bits per heavy atom. The molecule has 0 saturated heterocycles. The summed E-state index contributed by atoms with van der Waals surface area (Å²) in [6.07, 6.45) is 0. The van der Waals surface area contributed by atoms with Crippen LogP contribution in [-0.2, 0) is 14.3 Å². The van der Waals surface area contributed by atoms with Gasteiger partial charge in [0.25, 0.3) is 5.91 Å². The smallest absolute Gasteiger partial charge is 0.318 e. The van der Waals surface area contributed by atoms with Gasteiger partial charge >= 0.3 is 5.97 Å². The van der Waals surface area contributed by atoms with Gasteiger partial charge in [-0.15, -0.1) is 0 Å². The molecule has 1 N–H and O–H groups in total. The fourth-order valence-electron chi connectivity index (χ4n) is 4.41. The molecule has 5 rings (SSSR count). The van der Waals surface area contributed by atoms with E-state index in [0.717, 1.165) is 11.1 Å². The molecule has 176 valence electrons. The van der Waals surface area contributed by atoms with Crippen molar-refractivity contribution in [2.24, 2.45) is 0 Å². The van der Waals surface area contributed by atoms with E-state index in [0.29, 0.717) is 5.56 Å². The number of carbonyl (C=O) groups is 4. The number of ketones is 2. The fourth-order valence-corrected chi connectivity index (χ4v) is 4.41. The first-order valence-corrected chi connectivity index (χ1v) is 11.4.